The van der Waals surface area contributed by atoms with Crippen molar-refractivity contribution in [2.24, 2.45) is 0 Å². The number of amides is 1. The van der Waals surface area contributed by atoms with E-state index in [0.29, 0.717) is 18.7 Å². The molecule has 0 saturated carbocycles. The number of nitrogens with one attached hydrogen (secondary N) is 2. The Morgan fingerprint density at radius 3 is 2.35 bits per heavy atom. The molecule has 1 amide bonds. The molecule has 0 bridgehead atoms. The number of aliphatic hydroxyl groups excluding tert-OH is 1. The zero-order valence-electron chi connectivity index (χ0n) is 13.4. The van der Waals surface area contributed by atoms with Gasteiger partial charge in [-0.1, -0.05) is 24.3 Å². The van der Waals surface area contributed by atoms with Crippen LogP contribution in [0.4, 0.5) is 0 Å². The fourth-order valence-corrected chi connectivity index (χ4v) is 2.22. The van der Waals surface area contributed by atoms with Crippen LogP contribution in [-0.4, -0.2) is 31.7 Å². The molecule has 1 unspecified atom stereocenters. The second kappa shape index (κ2) is 8.31. The van der Waals surface area contributed by atoms with Crippen LogP contribution in [0.15, 0.2) is 48.5 Å². The number of carbonyl (C=O) groups is 1. The standard InChI is InChI=1S/C18H22N2O3/c1-19-18(22)15-5-3-13(4-6-15)11-20-12-17(21)14-7-9-16(23-2)10-8-14/h3-10,17,20-21H,11-12H2,1-2H3,(H,19,22). The van der Waals surface area contributed by atoms with Gasteiger partial charge in [-0.15, -0.1) is 0 Å². The smallest absolute Gasteiger partial charge is 0.251 e. The lowest BCUT2D eigenvalue weighted by molar-refractivity contribution is 0.0963. The quantitative estimate of drug-likeness (QED) is 0.730. The van der Waals surface area contributed by atoms with Crippen molar-refractivity contribution in [2.45, 2.75) is 12.6 Å². The van der Waals surface area contributed by atoms with Gasteiger partial charge < -0.3 is 20.5 Å². The second-order valence-corrected chi connectivity index (χ2v) is 5.20. The first-order valence-electron chi connectivity index (χ1n) is 7.48. The lowest BCUT2D eigenvalue weighted by atomic mass is 10.1. The Morgan fingerprint density at radius 2 is 1.78 bits per heavy atom. The summed E-state index contributed by atoms with van der Waals surface area (Å²) in [6.45, 7) is 1.07. The Balaban J connectivity index is 1.82. The Hall–Kier alpha value is -2.37. The number of carbonyl (C=O) groups excluding carboxylic acids is 1. The Labute approximate surface area is 136 Å². The number of benzene rings is 2. The van der Waals surface area contributed by atoms with Gasteiger partial charge in [0.1, 0.15) is 5.75 Å². The van der Waals surface area contributed by atoms with Crippen LogP contribution < -0.4 is 15.4 Å². The molecule has 0 fully saturated rings. The largest absolute Gasteiger partial charge is 0.497 e. The third-order valence-corrected chi connectivity index (χ3v) is 3.61. The molecule has 2 rings (SSSR count). The van der Waals surface area contributed by atoms with Gasteiger partial charge in [0.25, 0.3) is 5.91 Å². The monoisotopic (exact) mass is 314 g/mol. The molecular weight excluding hydrogens is 292 g/mol. The topological polar surface area (TPSA) is 70.6 Å². The minimum absolute atomic E-state index is 0.0977. The maximum Gasteiger partial charge on any atom is 0.251 e. The van der Waals surface area contributed by atoms with Gasteiger partial charge in [0, 0.05) is 25.7 Å². The molecule has 5 nitrogen and oxygen atoms in total. The van der Waals surface area contributed by atoms with Crippen LogP contribution in [0.25, 0.3) is 0 Å². The molecule has 0 aromatic heterocycles. The van der Waals surface area contributed by atoms with E-state index in [0.717, 1.165) is 16.9 Å². The average molecular weight is 314 g/mol. The fourth-order valence-electron chi connectivity index (χ4n) is 2.22. The summed E-state index contributed by atoms with van der Waals surface area (Å²) in [6.07, 6.45) is -0.578. The molecule has 0 spiro atoms. The normalized spacial score (nSPS) is 11.8. The van der Waals surface area contributed by atoms with Crippen molar-refractivity contribution < 1.29 is 14.6 Å². The molecule has 1 atom stereocenters. The maximum atomic E-state index is 11.5. The van der Waals surface area contributed by atoms with E-state index in [2.05, 4.69) is 10.6 Å². The first-order valence-corrected chi connectivity index (χ1v) is 7.48. The number of hydrogen-bond acceptors (Lipinski definition) is 4. The number of rotatable bonds is 7. The highest BCUT2D eigenvalue weighted by Crippen LogP contribution is 2.17. The van der Waals surface area contributed by atoms with Crippen molar-refractivity contribution in [3.8, 4) is 5.75 Å². The highest BCUT2D eigenvalue weighted by Gasteiger charge is 2.07. The third kappa shape index (κ3) is 4.81. The van der Waals surface area contributed by atoms with E-state index in [4.69, 9.17) is 4.74 Å². The minimum atomic E-state index is -0.578. The Kier molecular flexibility index (Phi) is 6.14. The molecule has 0 aliphatic heterocycles. The molecular formula is C18H22N2O3. The number of ether oxygens (including phenoxy) is 1. The van der Waals surface area contributed by atoms with Crippen molar-refractivity contribution in [1.29, 1.82) is 0 Å². The van der Waals surface area contributed by atoms with E-state index in [1.54, 1.807) is 26.3 Å². The molecule has 0 radical (unpaired) electrons. The molecule has 2 aromatic rings. The van der Waals surface area contributed by atoms with Gasteiger partial charge in [0.15, 0.2) is 0 Å². The molecule has 2 aromatic carbocycles. The molecule has 23 heavy (non-hydrogen) atoms. The van der Waals surface area contributed by atoms with Crippen LogP contribution in [0, 0.1) is 0 Å². The van der Waals surface area contributed by atoms with Gasteiger partial charge in [-0.2, -0.15) is 0 Å². The zero-order chi connectivity index (χ0) is 16.7. The number of hydrogen-bond donors (Lipinski definition) is 3. The first kappa shape index (κ1) is 17.0. The summed E-state index contributed by atoms with van der Waals surface area (Å²) in [5.41, 5.74) is 2.53. The maximum absolute atomic E-state index is 11.5. The highest BCUT2D eigenvalue weighted by atomic mass is 16.5. The lowest BCUT2D eigenvalue weighted by Gasteiger charge is -2.13. The van der Waals surface area contributed by atoms with Crippen molar-refractivity contribution in [3.63, 3.8) is 0 Å². The average Bonchev–Trinajstić information content (AvgIpc) is 2.61. The molecule has 0 aliphatic rings. The predicted molar refractivity (Wildman–Crippen MR) is 89.5 cm³/mol. The van der Waals surface area contributed by atoms with Crippen LogP contribution in [0.3, 0.4) is 0 Å². The van der Waals surface area contributed by atoms with Gasteiger partial charge >= 0.3 is 0 Å². The van der Waals surface area contributed by atoms with E-state index >= 15 is 0 Å². The first-order chi connectivity index (χ1) is 11.1. The summed E-state index contributed by atoms with van der Waals surface area (Å²) in [5, 5.41) is 16.0. The van der Waals surface area contributed by atoms with Crippen molar-refractivity contribution in [3.05, 3.63) is 65.2 Å². The van der Waals surface area contributed by atoms with E-state index in [9.17, 15) is 9.90 Å². The fraction of sp³-hybridized carbons (Fsp3) is 0.278. The highest BCUT2D eigenvalue weighted by molar-refractivity contribution is 5.93. The molecule has 122 valence electrons. The summed E-state index contributed by atoms with van der Waals surface area (Å²) in [6, 6.07) is 14.7. The van der Waals surface area contributed by atoms with Gasteiger partial charge in [-0.05, 0) is 35.4 Å². The summed E-state index contributed by atoms with van der Waals surface area (Å²) in [7, 11) is 3.22. The number of aliphatic hydroxyl groups is 1. The van der Waals surface area contributed by atoms with Crippen LogP contribution in [0.2, 0.25) is 0 Å². The summed E-state index contributed by atoms with van der Waals surface area (Å²) < 4.78 is 5.10. The van der Waals surface area contributed by atoms with E-state index < -0.39 is 6.10 Å². The molecule has 3 N–H and O–H groups in total. The van der Waals surface area contributed by atoms with Crippen LogP contribution in [-0.2, 0) is 6.54 Å². The van der Waals surface area contributed by atoms with Gasteiger partial charge in [0.2, 0.25) is 0 Å². The molecule has 0 saturated heterocycles. The zero-order valence-corrected chi connectivity index (χ0v) is 13.4. The molecule has 0 aliphatic carbocycles. The SMILES string of the molecule is CNC(=O)c1ccc(CNCC(O)c2ccc(OC)cc2)cc1. The van der Waals surface area contributed by atoms with Gasteiger partial charge in [-0.3, -0.25) is 4.79 Å². The summed E-state index contributed by atoms with van der Waals surface area (Å²) in [4.78, 5) is 11.5. The van der Waals surface area contributed by atoms with E-state index in [1.807, 2.05) is 36.4 Å². The van der Waals surface area contributed by atoms with Gasteiger partial charge in [-0.25, -0.2) is 0 Å². The summed E-state index contributed by atoms with van der Waals surface area (Å²) >= 11 is 0. The van der Waals surface area contributed by atoms with Crippen LogP contribution >= 0.6 is 0 Å². The summed E-state index contributed by atoms with van der Waals surface area (Å²) in [5.74, 6) is 0.671. The number of methoxy groups -OCH3 is 1. The van der Waals surface area contributed by atoms with E-state index in [-0.39, 0.29) is 5.91 Å². The van der Waals surface area contributed by atoms with Gasteiger partial charge in [0.05, 0.1) is 13.2 Å². The van der Waals surface area contributed by atoms with Crippen molar-refractivity contribution in [2.75, 3.05) is 20.7 Å². The predicted octanol–water partition coefficient (Wildman–Crippen LogP) is 1.88. The lowest BCUT2D eigenvalue weighted by Crippen LogP contribution is -2.21. The van der Waals surface area contributed by atoms with Crippen LogP contribution in [0.5, 0.6) is 5.75 Å². The van der Waals surface area contributed by atoms with Crippen molar-refractivity contribution in [1.82, 2.24) is 10.6 Å². The minimum Gasteiger partial charge on any atom is -0.497 e. The van der Waals surface area contributed by atoms with E-state index in [1.165, 1.54) is 0 Å². The van der Waals surface area contributed by atoms with Crippen molar-refractivity contribution >= 4 is 5.91 Å². The second-order valence-electron chi connectivity index (χ2n) is 5.20. The Bertz CT molecular complexity index is 624. The molecule has 0 heterocycles. The Morgan fingerprint density at radius 1 is 1.13 bits per heavy atom. The van der Waals surface area contributed by atoms with Crippen LogP contribution in [0.1, 0.15) is 27.6 Å². The molecule has 5 heteroatoms. The third-order valence-electron chi connectivity index (χ3n) is 3.61.